The van der Waals surface area contributed by atoms with Crippen molar-refractivity contribution in [1.29, 1.82) is 5.26 Å². The fourth-order valence-electron chi connectivity index (χ4n) is 2.80. The highest BCUT2D eigenvalue weighted by atomic mass is 35.5. The summed E-state index contributed by atoms with van der Waals surface area (Å²) in [5.74, 6) is -1.35. The molecule has 2 aromatic carbocycles. The summed E-state index contributed by atoms with van der Waals surface area (Å²) < 4.78 is 13.3. The summed E-state index contributed by atoms with van der Waals surface area (Å²) in [5.41, 5.74) is 0.993. The zero-order chi connectivity index (χ0) is 20.3. The number of anilines is 1. The van der Waals surface area contributed by atoms with Gasteiger partial charge in [-0.25, -0.2) is 4.39 Å². The standard InChI is InChI=1S/C20H15ClFN3O2S/c1-24-18(26)15(11-23)20-25(14-8-6-13(22)7-9-14)19(27)17(28-20)10-12-4-2-3-5-16(12)21/h2-9,17H,10H2,1H3,(H,24,26)/b20-15-/t17-/m1/s1. The Morgan fingerprint density at radius 2 is 1.96 bits per heavy atom. The normalized spacial score (nSPS) is 18.0. The fraction of sp³-hybridized carbons (Fsp3) is 0.150. The van der Waals surface area contributed by atoms with Crippen LogP contribution in [0.5, 0.6) is 0 Å². The highest BCUT2D eigenvalue weighted by Gasteiger charge is 2.40. The second kappa shape index (κ2) is 8.46. The third-order valence-corrected chi connectivity index (χ3v) is 5.81. The van der Waals surface area contributed by atoms with Crippen molar-refractivity contribution in [2.24, 2.45) is 0 Å². The topological polar surface area (TPSA) is 73.2 Å². The van der Waals surface area contributed by atoms with Gasteiger partial charge in [0.1, 0.15) is 22.5 Å². The van der Waals surface area contributed by atoms with Gasteiger partial charge in [0.15, 0.2) is 0 Å². The molecule has 8 heteroatoms. The van der Waals surface area contributed by atoms with Crippen LogP contribution in [0.2, 0.25) is 5.02 Å². The van der Waals surface area contributed by atoms with E-state index in [0.29, 0.717) is 17.1 Å². The predicted molar refractivity (Wildman–Crippen MR) is 107 cm³/mol. The molecule has 1 aliphatic rings. The number of hydrogen-bond donors (Lipinski definition) is 1. The number of halogens is 2. The van der Waals surface area contributed by atoms with Crippen LogP contribution in [0.4, 0.5) is 10.1 Å². The maximum atomic E-state index is 13.3. The van der Waals surface area contributed by atoms with Crippen LogP contribution >= 0.6 is 23.4 Å². The number of nitrogens with zero attached hydrogens (tertiary/aromatic N) is 2. The summed E-state index contributed by atoms with van der Waals surface area (Å²) in [7, 11) is 1.41. The molecule has 0 saturated carbocycles. The number of thioether (sulfide) groups is 1. The van der Waals surface area contributed by atoms with Crippen LogP contribution in [0, 0.1) is 17.1 Å². The van der Waals surface area contributed by atoms with Crippen LogP contribution in [-0.4, -0.2) is 24.1 Å². The molecule has 2 aromatic rings. The Bertz CT molecular complexity index is 1000. The zero-order valence-electron chi connectivity index (χ0n) is 14.8. The molecule has 1 aliphatic heterocycles. The highest BCUT2D eigenvalue weighted by Crippen LogP contribution is 2.42. The van der Waals surface area contributed by atoms with Crippen LogP contribution in [0.1, 0.15) is 5.56 Å². The van der Waals surface area contributed by atoms with Gasteiger partial charge in [-0.05, 0) is 42.3 Å². The number of carbonyl (C=O) groups excluding carboxylic acids is 2. The molecule has 0 bridgehead atoms. The highest BCUT2D eigenvalue weighted by molar-refractivity contribution is 8.05. The van der Waals surface area contributed by atoms with Crippen LogP contribution in [-0.2, 0) is 16.0 Å². The molecule has 0 radical (unpaired) electrons. The van der Waals surface area contributed by atoms with Gasteiger partial charge in [-0.1, -0.05) is 41.6 Å². The van der Waals surface area contributed by atoms with E-state index in [2.05, 4.69) is 5.32 Å². The predicted octanol–water partition coefficient (Wildman–Crippen LogP) is 3.65. The van der Waals surface area contributed by atoms with Gasteiger partial charge in [0, 0.05) is 17.8 Å². The maximum Gasteiger partial charge on any atom is 0.264 e. The van der Waals surface area contributed by atoms with E-state index in [0.717, 1.165) is 17.3 Å². The molecule has 0 spiro atoms. The maximum absolute atomic E-state index is 13.3. The van der Waals surface area contributed by atoms with Crippen molar-refractivity contribution in [2.45, 2.75) is 11.7 Å². The number of nitrogens with one attached hydrogen (secondary N) is 1. The molecule has 1 N–H and O–H groups in total. The van der Waals surface area contributed by atoms with Crippen molar-refractivity contribution in [2.75, 3.05) is 11.9 Å². The van der Waals surface area contributed by atoms with E-state index in [1.807, 2.05) is 18.2 Å². The largest absolute Gasteiger partial charge is 0.354 e. The van der Waals surface area contributed by atoms with Gasteiger partial charge in [-0.2, -0.15) is 5.26 Å². The fourth-order valence-corrected chi connectivity index (χ4v) is 4.31. The summed E-state index contributed by atoms with van der Waals surface area (Å²) in [5, 5.41) is 12.1. The Kier molecular flexibility index (Phi) is 6.02. The molecule has 0 aliphatic carbocycles. The molecule has 0 aromatic heterocycles. The second-order valence-electron chi connectivity index (χ2n) is 5.92. The third-order valence-electron chi connectivity index (χ3n) is 4.18. The number of rotatable bonds is 4. The van der Waals surface area contributed by atoms with Gasteiger partial charge < -0.3 is 5.32 Å². The molecule has 1 saturated heterocycles. The van der Waals surface area contributed by atoms with E-state index in [1.54, 1.807) is 12.1 Å². The smallest absolute Gasteiger partial charge is 0.264 e. The third kappa shape index (κ3) is 3.88. The molecule has 0 unspecified atom stereocenters. The quantitative estimate of drug-likeness (QED) is 0.611. The number of likely N-dealkylation sites (N-methyl/N-ethyl adjacent to an activating group) is 1. The van der Waals surface area contributed by atoms with E-state index in [9.17, 15) is 19.2 Å². The molecule has 1 atom stereocenters. The Morgan fingerprint density at radius 3 is 2.57 bits per heavy atom. The number of nitriles is 1. The lowest BCUT2D eigenvalue weighted by molar-refractivity contribution is -0.117. The van der Waals surface area contributed by atoms with Crippen molar-refractivity contribution >= 4 is 40.9 Å². The van der Waals surface area contributed by atoms with Gasteiger partial charge >= 0.3 is 0 Å². The summed E-state index contributed by atoms with van der Waals surface area (Å²) in [4.78, 5) is 26.6. The summed E-state index contributed by atoms with van der Waals surface area (Å²) >= 11 is 7.34. The second-order valence-corrected chi connectivity index (χ2v) is 7.52. The lowest BCUT2D eigenvalue weighted by Gasteiger charge is -2.18. The van der Waals surface area contributed by atoms with Crippen molar-refractivity contribution in [1.82, 2.24) is 5.32 Å². The summed E-state index contributed by atoms with van der Waals surface area (Å²) in [6.45, 7) is 0. The summed E-state index contributed by atoms with van der Waals surface area (Å²) in [6.07, 6.45) is 0.330. The van der Waals surface area contributed by atoms with Crippen LogP contribution < -0.4 is 10.2 Å². The van der Waals surface area contributed by atoms with E-state index >= 15 is 0 Å². The Balaban J connectivity index is 2.06. The molecule has 1 fully saturated rings. The number of amides is 2. The van der Waals surface area contributed by atoms with E-state index in [-0.39, 0.29) is 16.5 Å². The van der Waals surface area contributed by atoms with Gasteiger partial charge in [0.2, 0.25) is 5.91 Å². The minimum absolute atomic E-state index is 0.174. The van der Waals surface area contributed by atoms with E-state index in [4.69, 9.17) is 11.6 Å². The Hall–Kier alpha value is -2.82. The average molecular weight is 416 g/mol. The average Bonchev–Trinajstić information content (AvgIpc) is 3.01. The molecule has 28 heavy (non-hydrogen) atoms. The molecule has 5 nitrogen and oxygen atoms in total. The lowest BCUT2D eigenvalue weighted by Crippen LogP contribution is -2.31. The number of carbonyl (C=O) groups is 2. The van der Waals surface area contributed by atoms with E-state index in [1.165, 1.54) is 36.2 Å². The zero-order valence-corrected chi connectivity index (χ0v) is 16.4. The minimum atomic E-state index is -0.594. The molecule has 1 heterocycles. The van der Waals surface area contributed by atoms with Crippen LogP contribution in [0.3, 0.4) is 0 Å². The first-order valence-corrected chi connectivity index (χ1v) is 9.58. The monoisotopic (exact) mass is 415 g/mol. The van der Waals surface area contributed by atoms with Gasteiger partial charge in [-0.3, -0.25) is 14.5 Å². The first-order chi connectivity index (χ1) is 13.5. The van der Waals surface area contributed by atoms with Crippen molar-refractivity contribution in [3.63, 3.8) is 0 Å². The minimum Gasteiger partial charge on any atom is -0.354 e. The summed E-state index contributed by atoms with van der Waals surface area (Å²) in [6, 6.07) is 14.4. The SMILES string of the molecule is CNC(=O)/C(C#N)=C1\S[C@H](Cc2ccccc2Cl)C(=O)N1c1ccc(F)cc1. The van der Waals surface area contributed by atoms with Gasteiger partial charge in [0.25, 0.3) is 5.91 Å². The van der Waals surface area contributed by atoms with Crippen molar-refractivity contribution < 1.29 is 14.0 Å². The van der Waals surface area contributed by atoms with Gasteiger partial charge in [0.05, 0.1) is 5.25 Å². The first kappa shape index (κ1) is 19.9. The van der Waals surface area contributed by atoms with Crippen LogP contribution in [0.15, 0.2) is 59.1 Å². The molecule has 3 rings (SSSR count). The molecular formula is C20H15ClFN3O2S. The van der Waals surface area contributed by atoms with Crippen molar-refractivity contribution in [3.05, 3.63) is 75.5 Å². The number of hydrogen-bond acceptors (Lipinski definition) is 4. The lowest BCUT2D eigenvalue weighted by atomic mass is 10.1. The molecular weight excluding hydrogens is 401 g/mol. The van der Waals surface area contributed by atoms with E-state index < -0.39 is 17.0 Å². The number of benzene rings is 2. The first-order valence-electron chi connectivity index (χ1n) is 8.32. The molecule has 142 valence electrons. The Labute approximate surface area is 170 Å². The van der Waals surface area contributed by atoms with Gasteiger partial charge in [-0.15, -0.1) is 0 Å². The van der Waals surface area contributed by atoms with Crippen molar-refractivity contribution in [3.8, 4) is 6.07 Å². The van der Waals surface area contributed by atoms with Crippen LogP contribution in [0.25, 0.3) is 0 Å². The molecule has 2 amide bonds. The Morgan fingerprint density at radius 1 is 1.29 bits per heavy atom.